The Hall–Kier alpha value is -2.14. The molecule has 1 aliphatic heterocycles. The van der Waals surface area contributed by atoms with Crippen molar-refractivity contribution < 1.29 is 4.79 Å². The molecule has 0 spiro atoms. The lowest BCUT2D eigenvalue weighted by Gasteiger charge is -2.34. The number of benzene rings is 1. The Bertz CT molecular complexity index is 553. The van der Waals surface area contributed by atoms with E-state index in [1.54, 1.807) is 6.20 Å². The van der Waals surface area contributed by atoms with Crippen LogP contribution in [0.5, 0.6) is 0 Å². The molecule has 5 nitrogen and oxygen atoms in total. The van der Waals surface area contributed by atoms with Gasteiger partial charge in [0.05, 0.1) is 12.6 Å². The highest BCUT2D eigenvalue weighted by atomic mass is 16.2. The molecular formula is C15H18N4O. The normalized spacial score (nSPS) is 19.8. The molecule has 2 aromatic rings. The first-order chi connectivity index (χ1) is 9.83. The smallest absolute Gasteiger partial charge is 0.237 e. The number of hydrogen-bond acceptors (Lipinski definition) is 3. The van der Waals surface area contributed by atoms with Gasteiger partial charge in [-0.15, -0.1) is 0 Å². The molecule has 0 saturated carbocycles. The fraction of sp³-hybridized carbons (Fsp3) is 0.333. The molecule has 3 rings (SSSR count). The van der Waals surface area contributed by atoms with Crippen LogP contribution in [0.3, 0.4) is 0 Å². The van der Waals surface area contributed by atoms with Gasteiger partial charge >= 0.3 is 0 Å². The predicted molar refractivity (Wildman–Crippen MR) is 75.9 cm³/mol. The van der Waals surface area contributed by atoms with Crippen LogP contribution in [0.2, 0.25) is 0 Å². The number of nitrogens with zero attached hydrogens (tertiary/aromatic N) is 2. The number of piperazine rings is 1. The molecule has 0 aliphatic carbocycles. The van der Waals surface area contributed by atoms with Gasteiger partial charge in [0.1, 0.15) is 5.82 Å². The van der Waals surface area contributed by atoms with Crippen LogP contribution in [0.4, 0.5) is 0 Å². The highest BCUT2D eigenvalue weighted by molar-refractivity contribution is 5.82. The number of carbonyl (C=O) groups excluding carboxylic acids is 1. The summed E-state index contributed by atoms with van der Waals surface area (Å²) in [7, 11) is 0. The lowest BCUT2D eigenvalue weighted by atomic mass is 10.0. The van der Waals surface area contributed by atoms with Gasteiger partial charge in [-0.25, -0.2) is 4.98 Å². The van der Waals surface area contributed by atoms with E-state index in [0.717, 1.165) is 18.8 Å². The quantitative estimate of drug-likeness (QED) is 0.869. The zero-order valence-corrected chi connectivity index (χ0v) is 11.2. The third-order valence-corrected chi connectivity index (χ3v) is 3.62. The number of imidazole rings is 1. The fourth-order valence-corrected chi connectivity index (χ4v) is 2.59. The first-order valence-electron chi connectivity index (χ1n) is 6.87. The molecule has 0 unspecified atom stereocenters. The molecular weight excluding hydrogens is 252 g/mol. The topological polar surface area (TPSA) is 61.0 Å². The number of aromatic amines is 1. The van der Waals surface area contributed by atoms with E-state index in [1.807, 2.05) is 24.4 Å². The van der Waals surface area contributed by atoms with Gasteiger partial charge in [-0.1, -0.05) is 30.3 Å². The first kappa shape index (κ1) is 12.9. The van der Waals surface area contributed by atoms with Crippen LogP contribution >= 0.6 is 0 Å². The Balaban J connectivity index is 1.74. The molecule has 1 fully saturated rings. The average molecular weight is 270 g/mol. The molecule has 1 aromatic carbocycles. The number of carbonyl (C=O) groups is 1. The van der Waals surface area contributed by atoms with Gasteiger partial charge in [0.2, 0.25) is 5.91 Å². The molecule has 0 radical (unpaired) electrons. The summed E-state index contributed by atoms with van der Waals surface area (Å²) in [5.74, 6) is 1.00. The Morgan fingerprint density at radius 1 is 1.30 bits per heavy atom. The minimum Gasteiger partial charge on any atom is -0.353 e. The summed E-state index contributed by atoms with van der Waals surface area (Å²) in [5.41, 5.74) is 1.18. The second kappa shape index (κ2) is 5.88. The van der Waals surface area contributed by atoms with Crippen LogP contribution in [-0.2, 0) is 17.8 Å². The second-order valence-corrected chi connectivity index (χ2v) is 5.00. The van der Waals surface area contributed by atoms with Crippen molar-refractivity contribution in [3.05, 3.63) is 54.1 Å². The third kappa shape index (κ3) is 2.88. The predicted octanol–water partition coefficient (Wildman–Crippen LogP) is 0.953. The third-order valence-electron chi connectivity index (χ3n) is 3.62. The lowest BCUT2D eigenvalue weighted by Crippen LogP contribution is -2.55. The molecule has 2 N–H and O–H groups in total. The number of nitrogens with one attached hydrogen (secondary N) is 2. The highest BCUT2D eigenvalue weighted by Gasteiger charge is 2.30. The summed E-state index contributed by atoms with van der Waals surface area (Å²) < 4.78 is 0. The van der Waals surface area contributed by atoms with E-state index >= 15 is 0 Å². The van der Waals surface area contributed by atoms with Crippen molar-refractivity contribution in [1.29, 1.82) is 0 Å². The van der Waals surface area contributed by atoms with Crippen molar-refractivity contribution in [2.24, 2.45) is 0 Å². The molecule has 5 heteroatoms. The number of aromatic nitrogens is 2. The molecule has 0 bridgehead atoms. The summed E-state index contributed by atoms with van der Waals surface area (Å²) in [4.78, 5) is 21.7. The van der Waals surface area contributed by atoms with Crippen LogP contribution in [0, 0.1) is 0 Å². The van der Waals surface area contributed by atoms with Gasteiger partial charge in [-0.3, -0.25) is 9.69 Å². The van der Waals surface area contributed by atoms with Crippen LogP contribution < -0.4 is 5.32 Å². The molecule has 20 heavy (non-hydrogen) atoms. The van der Waals surface area contributed by atoms with Gasteiger partial charge in [-0.05, 0) is 12.0 Å². The monoisotopic (exact) mass is 270 g/mol. The van der Waals surface area contributed by atoms with E-state index in [-0.39, 0.29) is 11.9 Å². The van der Waals surface area contributed by atoms with E-state index in [0.29, 0.717) is 13.1 Å². The number of rotatable bonds is 4. The van der Waals surface area contributed by atoms with Gasteiger partial charge in [0.15, 0.2) is 0 Å². The molecule has 1 atom stereocenters. The second-order valence-electron chi connectivity index (χ2n) is 5.00. The average Bonchev–Trinajstić information content (AvgIpc) is 2.97. The Labute approximate surface area is 118 Å². The number of amides is 1. The van der Waals surface area contributed by atoms with E-state index in [4.69, 9.17) is 0 Å². The van der Waals surface area contributed by atoms with Gasteiger partial charge in [0.25, 0.3) is 0 Å². The van der Waals surface area contributed by atoms with Crippen molar-refractivity contribution in [2.45, 2.75) is 19.0 Å². The maximum atomic E-state index is 12.2. The minimum absolute atomic E-state index is 0.103. The summed E-state index contributed by atoms with van der Waals surface area (Å²) in [6.45, 7) is 2.23. The standard InChI is InChI=1S/C15H18N4O/c20-15-13(10-12-4-2-1-3-5-12)19(9-8-18-15)11-14-16-6-7-17-14/h1-7,13H,8-11H2,(H,16,17)(H,18,20)/t13-/m0/s1. The highest BCUT2D eigenvalue weighted by Crippen LogP contribution is 2.14. The number of H-pyrrole nitrogens is 1. The lowest BCUT2D eigenvalue weighted by molar-refractivity contribution is -0.129. The van der Waals surface area contributed by atoms with Gasteiger partial charge < -0.3 is 10.3 Å². The first-order valence-corrected chi connectivity index (χ1v) is 6.87. The van der Waals surface area contributed by atoms with E-state index in [1.165, 1.54) is 5.56 Å². The fourth-order valence-electron chi connectivity index (χ4n) is 2.59. The van der Waals surface area contributed by atoms with Crippen LogP contribution in [-0.4, -0.2) is 39.9 Å². The summed E-state index contributed by atoms with van der Waals surface area (Å²) in [6, 6.07) is 10.0. The maximum Gasteiger partial charge on any atom is 0.237 e. The zero-order valence-electron chi connectivity index (χ0n) is 11.2. The maximum absolute atomic E-state index is 12.2. The molecule has 1 saturated heterocycles. The summed E-state index contributed by atoms with van der Waals surface area (Å²) in [6.07, 6.45) is 4.28. The largest absolute Gasteiger partial charge is 0.353 e. The van der Waals surface area contributed by atoms with E-state index in [2.05, 4.69) is 32.3 Å². The van der Waals surface area contributed by atoms with Crippen molar-refractivity contribution in [1.82, 2.24) is 20.2 Å². The molecule has 1 aliphatic rings. The van der Waals surface area contributed by atoms with E-state index in [9.17, 15) is 4.79 Å². The van der Waals surface area contributed by atoms with Gasteiger partial charge in [-0.2, -0.15) is 0 Å². The molecule has 1 aromatic heterocycles. The van der Waals surface area contributed by atoms with Crippen molar-refractivity contribution in [3.8, 4) is 0 Å². The van der Waals surface area contributed by atoms with Crippen LogP contribution in [0.1, 0.15) is 11.4 Å². The van der Waals surface area contributed by atoms with Crippen LogP contribution in [0.15, 0.2) is 42.7 Å². The SMILES string of the molecule is O=C1NCCN(Cc2ncc[nH]2)[C@H]1Cc1ccccc1. The zero-order chi connectivity index (χ0) is 13.8. The van der Waals surface area contributed by atoms with Crippen molar-refractivity contribution in [2.75, 3.05) is 13.1 Å². The summed E-state index contributed by atoms with van der Waals surface area (Å²) in [5, 5.41) is 2.95. The van der Waals surface area contributed by atoms with Crippen LogP contribution in [0.25, 0.3) is 0 Å². The molecule has 104 valence electrons. The Morgan fingerprint density at radius 3 is 2.90 bits per heavy atom. The summed E-state index contributed by atoms with van der Waals surface area (Å²) >= 11 is 0. The number of hydrogen-bond donors (Lipinski definition) is 2. The molecule has 2 heterocycles. The Kier molecular flexibility index (Phi) is 3.78. The minimum atomic E-state index is -0.128. The molecule has 1 amide bonds. The van der Waals surface area contributed by atoms with Crippen molar-refractivity contribution in [3.63, 3.8) is 0 Å². The Morgan fingerprint density at radius 2 is 2.15 bits per heavy atom. The van der Waals surface area contributed by atoms with Crippen molar-refractivity contribution >= 4 is 5.91 Å². The van der Waals surface area contributed by atoms with Gasteiger partial charge in [0, 0.05) is 25.5 Å². The van der Waals surface area contributed by atoms with E-state index < -0.39 is 0 Å².